The summed E-state index contributed by atoms with van der Waals surface area (Å²) in [6, 6.07) is 22.2. The molecule has 6 heteroatoms. The Bertz CT molecular complexity index is 1260. The highest BCUT2D eigenvalue weighted by atomic mass is 32.1. The van der Waals surface area contributed by atoms with Crippen LogP contribution < -0.4 is 19.1 Å². The molecule has 4 aromatic rings. The lowest BCUT2D eigenvalue weighted by molar-refractivity contribution is -0.126. The van der Waals surface area contributed by atoms with Gasteiger partial charge in [0, 0.05) is 17.0 Å². The van der Waals surface area contributed by atoms with Crippen molar-refractivity contribution >= 4 is 33.7 Å². The Kier molecular flexibility index (Phi) is 5.23. The van der Waals surface area contributed by atoms with Crippen LogP contribution in [0.3, 0.4) is 0 Å². The third kappa shape index (κ3) is 3.19. The number of ether oxygens (including phenoxy) is 3. The predicted octanol–water partition coefficient (Wildman–Crippen LogP) is 5.80. The summed E-state index contributed by atoms with van der Waals surface area (Å²) in [7, 11) is 4.72. The highest BCUT2D eigenvalue weighted by Crippen LogP contribution is 2.52. The Morgan fingerprint density at radius 2 is 1.53 bits per heavy atom. The number of rotatable bonds is 6. The molecule has 2 atom stereocenters. The number of hydrogen-bond donors (Lipinski definition) is 0. The fraction of sp³-hybridized carbons (Fsp3) is 0.192. The molecule has 5 nitrogen and oxygen atoms in total. The van der Waals surface area contributed by atoms with Crippen molar-refractivity contribution in [2.75, 3.05) is 26.2 Å². The molecule has 162 valence electrons. The van der Waals surface area contributed by atoms with Crippen LogP contribution in [0, 0.1) is 0 Å². The van der Waals surface area contributed by atoms with Crippen LogP contribution in [-0.2, 0) is 4.79 Å². The van der Waals surface area contributed by atoms with Crippen LogP contribution >= 0.6 is 11.3 Å². The van der Waals surface area contributed by atoms with Crippen molar-refractivity contribution in [2.24, 2.45) is 0 Å². The van der Waals surface area contributed by atoms with E-state index in [1.165, 1.54) is 5.39 Å². The molecule has 1 amide bonds. The van der Waals surface area contributed by atoms with E-state index in [0.29, 0.717) is 17.2 Å². The summed E-state index contributed by atoms with van der Waals surface area (Å²) in [6.45, 7) is 0. The van der Waals surface area contributed by atoms with Crippen LogP contribution in [0.5, 0.6) is 17.2 Å². The van der Waals surface area contributed by atoms with E-state index in [0.717, 1.165) is 21.5 Å². The number of nitrogens with zero attached hydrogens (tertiary/aromatic N) is 1. The first kappa shape index (κ1) is 20.4. The van der Waals surface area contributed by atoms with E-state index in [2.05, 4.69) is 30.3 Å². The molecule has 32 heavy (non-hydrogen) atoms. The lowest BCUT2D eigenvalue weighted by Crippen LogP contribution is -2.53. The quantitative estimate of drug-likeness (QED) is 0.352. The smallest absolute Gasteiger partial charge is 0.238 e. The third-order valence-corrected chi connectivity index (χ3v) is 6.95. The molecule has 1 aliphatic rings. The highest BCUT2D eigenvalue weighted by molar-refractivity contribution is 7.10. The molecule has 0 N–H and O–H groups in total. The van der Waals surface area contributed by atoms with Crippen molar-refractivity contribution < 1.29 is 19.0 Å². The van der Waals surface area contributed by atoms with Crippen molar-refractivity contribution in [1.82, 2.24) is 0 Å². The van der Waals surface area contributed by atoms with Gasteiger partial charge in [0.1, 0.15) is 0 Å². The van der Waals surface area contributed by atoms with Crippen LogP contribution in [0.1, 0.15) is 22.4 Å². The molecule has 1 aliphatic heterocycles. The van der Waals surface area contributed by atoms with E-state index in [1.54, 1.807) is 32.7 Å². The van der Waals surface area contributed by atoms with Crippen LogP contribution in [-0.4, -0.2) is 27.2 Å². The van der Waals surface area contributed by atoms with Crippen LogP contribution in [0.25, 0.3) is 10.8 Å². The number of carbonyl (C=O) groups is 1. The van der Waals surface area contributed by atoms with Crippen molar-refractivity contribution in [3.05, 3.63) is 82.6 Å². The zero-order valence-corrected chi connectivity index (χ0v) is 18.9. The Balaban J connectivity index is 1.64. The first-order valence-electron chi connectivity index (χ1n) is 10.3. The van der Waals surface area contributed by atoms with E-state index in [1.807, 2.05) is 46.7 Å². The number of thiophene rings is 1. The van der Waals surface area contributed by atoms with Gasteiger partial charge in [0.25, 0.3) is 0 Å². The Labute approximate surface area is 190 Å². The van der Waals surface area contributed by atoms with Gasteiger partial charge in [0.2, 0.25) is 11.7 Å². The van der Waals surface area contributed by atoms with Gasteiger partial charge >= 0.3 is 0 Å². The molecule has 0 unspecified atom stereocenters. The second kappa shape index (κ2) is 8.20. The molecule has 0 spiro atoms. The second-order valence-electron chi connectivity index (χ2n) is 7.64. The van der Waals surface area contributed by atoms with Gasteiger partial charge in [-0.25, -0.2) is 0 Å². The molecule has 1 aromatic heterocycles. The van der Waals surface area contributed by atoms with Crippen LogP contribution in [0.2, 0.25) is 0 Å². The maximum Gasteiger partial charge on any atom is 0.238 e. The fourth-order valence-corrected chi connectivity index (χ4v) is 5.31. The summed E-state index contributed by atoms with van der Waals surface area (Å²) in [5.74, 6) is 1.37. The van der Waals surface area contributed by atoms with Crippen molar-refractivity contribution in [3.8, 4) is 17.2 Å². The maximum atomic E-state index is 13.5. The normalized spacial score (nSPS) is 17.8. The molecule has 1 fully saturated rings. The molecule has 0 saturated carbocycles. The maximum absolute atomic E-state index is 13.5. The van der Waals surface area contributed by atoms with Gasteiger partial charge in [-0.15, -0.1) is 11.3 Å². The van der Waals surface area contributed by atoms with E-state index in [-0.39, 0.29) is 17.9 Å². The summed E-state index contributed by atoms with van der Waals surface area (Å²) in [4.78, 5) is 16.4. The van der Waals surface area contributed by atoms with Gasteiger partial charge in [0.15, 0.2) is 11.5 Å². The van der Waals surface area contributed by atoms with Gasteiger partial charge in [-0.1, -0.05) is 42.5 Å². The Morgan fingerprint density at radius 3 is 2.16 bits per heavy atom. The molecule has 0 aliphatic carbocycles. The first-order chi connectivity index (χ1) is 15.7. The minimum atomic E-state index is -0.227. The molecule has 1 saturated heterocycles. The largest absolute Gasteiger partial charge is 0.493 e. The van der Waals surface area contributed by atoms with E-state index >= 15 is 0 Å². The summed E-state index contributed by atoms with van der Waals surface area (Å²) in [5, 5.41) is 4.34. The van der Waals surface area contributed by atoms with Gasteiger partial charge in [-0.3, -0.25) is 4.79 Å². The van der Waals surface area contributed by atoms with Gasteiger partial charge < -0.3 is 19.1 Å². The predicted molar refractivity (Wildman–Crippen MR) is 127 cm³/mol. The Morgan fingerprint density at radius 1 is 0.812 bits per heavy atom. The van der Waals surface area contributed by atoms with Gasteiger partial charge in [-0.2, -0.15) is 0 Å². The van der Waals surface area contributed by atoms with E-state index < -0.39 is 0 Å². The third-order valence-electron chi connectivity index (χ3n) is 5.99. The number of carbonyl (C=O) groups excluding carboxylic acids is 1. The molecule has 3 aromatic carbocycles. The standard InChI is InChI=1S/C26H23NO4S/c1-29-20-14-19(15-21(30-2)25(20)31-3)27-24(23(26(27)28)22-9-6-12-32-22)18-11-10-16-7-4-5-8-17(16)13-18/h4-15,23-24H,1-3H3/t23-,24-/m1/s1. The zero-order valence-electron chi connectivity index (χ0n) is 18.1. The molecule has 0 bridgehead atoms. The monoisotopic (exact) mass is 445 g/mol. The fourth-order valence-electron chi connectivity index (χ4n) is 4.46. The summed E-state index contributed by atoms with van der Waals surface area (Å²) in [6.07, 6.45) is 0. The summed E-state index contributed by atoms with van der Waals surface area (Å²) in [5.41, 5.74) is 1.81. The van der Waals surface area contributed by atoms with E-state index in [9.17, 15) is 4.79 Å². The summed E-state index contributed by atoms with van der Waals surface area (Å²) < 4.78 is 16.5. The van der Waals surface area contributed by atoms with Crippen LogP contribution in [0.15, 0.2) is 72.1 Å². The number of methoxy groups -OCH3 is 3. The number of fused-ring (bicyclic) bond motifs is 1. The lowest BCUT2D eigenvalue weighted by atomic mass is 9.80. The average molecular weight is 446 g/mol. The number of benzene rings is 3. The molecular weight excluding hydrogens is 422 g/mol. The van der Waals surface area contributed by atoms with Crippen molar-refractivity contribution in [2.45, 2.75) is 12.0 Å². The highest BCUT2D eigenvalue weighted by Gasteiger charge is 2.50. The number of anilines is 1. The van der Waals surface area contributed by atoms with Crippen molar-refractivity contribution in [3.63, 3.8) is 0 Å². The zero-order chi connectivity index (χ0) is 22.2. The molecule has 0 radical (unpaired) electrons. The molecule has 5 rings (SSSR count). The van der Waals surface area contributed by atoms with Gasteiger partial charge in [-0.05, 0) is 33.8 Å². The van der Waals surface area contributed by atoms with Gasteiger partial charge in [0.05, 0.1) is 39.0 Å². The minimum absolute atomic E-state index is 0.0554. The lowest BCUT2D eigenvalue weighted by Gasteiger charge is -2.47. The second-order valence-corrected chi connectivity index (χ2v) is 8.62. The number of hydrogen-bond acceptors (Lipinski definition) is 5. The van der Waals surface area contributed by atoms with Crippen molar-refractivity contribution in [1.29, 1.82) is 0 Å². The Hall–Kier alpha value is -3.51. The molecular formula is C26H23NO4S. The molecule has 2 heterocycles. The first-order valence-corrected chi connectivity index (χ1v) is 11.2. The average Bonchev–Trinajstić information content (AvgIpc) is 3.35. The number of amides is 1. The summed E-state index contributed by atoms with van der Waals surface area (Å²) >= 11 is 1.61. The SMILES string of the molecule is COc1cc(N2C(=O)[C@H](c3cccs3)[C@H]2c2ccc3ccccc3c2)cc(OC)c1OC. The number of β-lactam (4-membered cyclic amide) rings is 1. The van der Waals surface area contributed by atoms with Crippen LogP contribution in [0.4, 0.5) is 5.69 Å². The minimum Gasteiger partial charge on any atom is -0.493 e. The van der Waals surface area contributed by atoms with E-state index in [4.69, 9.17) is 14.2 Å². The topological polar surface area (TPSA) is 48.0 Å².